The van der Waals surface area contributed by atoms with Crippen molar-refractivity contribution in [2.75, 3.05) is 32.8 Å². The van der Waals surface area contributed by atoms with Crippen molar-refractivity contribution in [3.63, 3.8) is 0 Å². The number of hydrogen-bond donors (Lipinski definition) is 1. The molecule has 4 nitrogen and oxygen atoms in total. The molecule has 1 aliphatic heterocycles. The lowest BCUT2D eigenvalue weighted by atomic mass is 9.76. The van der Waals surface area contributed by atoms with Gasteiger partial charge in [-0.05, 0) is 74.6 Å². The summed E-state index contributed by atoms with van der Waals surface area (Å²) in [5.41, 5.74) is 3.62. The molecule has 0 radical (unpaired) electrons. The van der Waals surface area contributed by atoms with Gasteiger partial charge in [-0.25, -0.2) is 0 Å². The fourth-order valence-corrected chi connectivity index (χ4v) is 5.65. The second-order valence-electron chi connectivity index (χ2n) is 10.9. The zero-order valence-electron chi connectivity index (χ0n) is 24.0. The maximum atomic E-state index is 10.0. The zero-order chi connectivity index (χ0) is 27.3. The number of rotatable bonds is 16. The third-order valence-corrected chi connectivity index (χ3v) is 7.91. The molecule has 0 aliphatic carbocycles. The van der Waals surface area contributed by atoms with Crippen molar-refractivity contribution in [2.24, 2.45) is 0 Å². The van der Waals surface area contributed by atoms with E-state index in [4.69, 9.17) is 9.47 Å². The van der Waals surface area contributed by atoms with Crippen molar-refractivity contribution in [2.45, 2.75) is 77.0 Å². The van der Waals surface area contributed by atoms with Crippen LogP contribution < -0.4 is 9.47 Å². The molecule has 3 aromatic rings. The fourth-order valence-electron chi connectivity index (χ4n) is 5.65. The van der Waals surface area contributed by atoms with Gasteiger partial charge in [0.15, 0.2) is 0 Å². The largest absolute Gasteiger partial charge is 0.508 e. The molecule has 2 atom stereocenters. The Kier molecular flexibility index (Phi) is 11.6. The Bertz CT molecular complexity index is 1090. The van der Waals surface area contributed by atoms with Crippen LogP contribution in [0.4, 0.5) is 0 Å². The monoisotopic (exact) mass is 529 g/mol. The van der Waals surface area contributed by atoms with Crippen molar-refractivity contribution < 1.29 is 14.6 Å². The smallest absolute Gasteiger partial charge is 0.126 e. The minimum Gasteiger partial charge on any atom is -0.508 e. The van der Waals surface area contributed by atoms with E-state index in [1.165, 1.54) is 75.7 Å². The molecule has 4 heteroatoms. The number of nitrogens with zero attached hydrogens (tertiary/aromatic N) is 1. The number of hydrogen-bond acceptors (Lipinski definition) is 4. The van der Waals surface area contributed by atoms with Crippen molar-refractivity contribution in [1.82, 2.24) is 4.90 Å². The predicted molar refractivity (Wildman–Crippen MR) is 161 cm³/mol. The van der Waals surface area contributed by atoms with E-state index in [1.807, 2.05) is 6.07 Å². The molecule has 3 aromatic carbocycles. The lowest BCUT2D eigenvalue weighted by molar-refractivity contribution is 0.247. The Labute approximate surface area is 236 Å². The third-order valence-electron chi connectivity index (χ3n) is 7.91. The molecule has 210 valence electrons. The number of phenols is 1. The molecule has 0 fully saturated rings. The highest BCUT2D eigenvalue weighted by molar-refractivity contribution is 5.50. The first-order valence-electron chi connectivity index (χ1n) is 15.1. The first kappa shape index (κ1) is 29.0. The maximum Gasteiger partial charge on any atom is 0.126 e. The van der Waals surface area contributed by atoms with Crippen LogP contribution in [0, 0.1) is 0 Å². The highest BCUT2D eigenvalue weighted by atomic mass is 16.5. The molecule has 1 heterocycles. The van der Waals surface area contributed by atoms with Crippen LogP contribution >= 0.6 is 0 Å². The predicted octanol–water partition coefficient (Wildman–Crippen LogP) is 8.54. The van der Waals surface area contributed by atoms with Crippen molar-refractivity contribution in [3.05, 3.63) is 89.5 Å². The minimum atomic E-state index is 0.153. The van der Waals surface area contributed by atoms with Crippen molar-refractivity contribution >= 4 is 0 Å². The first-order valence-corrected chi connectivity index (χ1v) is 15.1. The lowest BCUT2D eigenvalue weighted by Crippen LogP contribution is -2.27. The fraction of sp³-hybridized carbons (Fsp3) is 0.486. The Hall–Kier alpha value is -2.98. The van der Waals surface area contributed by atoms with Gasteiger partial charge >= 0.3 is 0 Å². The van der Waals surface area contributed by atoms with E-state index in [2.05, 4.69) is 73.3 Å². The van der Waals surface area contributed by atoms with Gasteiger partial charge in [-0.3, -0.25) is 0 Å². The number of benzene rings is 3. The Morgan fingerprint density at radius 3 is 2.18 bits per heavy atom. The molecule has 4 rings (SSSR count). The number of ether oxygens (including phenoxy) is 2. The van der Waals surface area contributed by atoms with Gasteiger partial charge in [-0.15, -0.1) is 0 Å². The summed E-state index contributed by atoms with van der Waals surface area (Å²) in [6.07, 6.45) is 10.1. The summed E-state index contributed by atoms with van der Waals surface area (Å²) in [6, 6.07) is 24.7. The Morgan fingerprint density at radius 1 is 0.769 bits per heavy atom. The number of fused-ring (bicyclic) bond motifs is 1. The zero-order valence-corrected chi connectivity index (χ0v) is 24.0. The summed E-state index contributed by atoms with van der Waals surface area (Å²) in [5.74, 6) is 2.29. The van der Waals surface area contributed by atoms with Gasteiger partial charge in [0.1, 0.15) is 17.2 Å². The molecule has 0 bridgehead atoms. The van der Waals surface area contributed by atoms with E-state index < -0.39 is 0 Å². The maximum absolute atomic E-state index is 10.0. The Morgan fingerprint density at radius 2 is 1.46 bits per heavy atom. The van der Waals surface area contributed by atoms with Gasteiger partial charge in [-0.2, -0.15) is 0 Å². The molecular formula is C35H47NO3. The molecule has 1 N–H and O–H groups in total. The van der Waals surface area contributed by atoms with E-state index in [1.54, 1.807) is 12.1 Å². The molecule has 39 heavy (non-hydrogen) atoms. The molecule has 2 unspecified atom stereocenters. The van der Waals surface area contributed by atoms with Gasteiger partial charge in [0.05, 0.1) is 13.2 Å². The molecule has 1 aliphatic rings. The average Bonchev–Trinajstić information content (AvgIpc) is 2.97. The number of unbranched alkanes of at least 4 members (excludes halogenated alkanes) is 5. The summed E-state index contributed by atoms with van der Waals surface area (Å²) < 4.78 is 12.2. The summed E-state index contributed by atoms with van der Waals surface area (Å²) >= 11 is 0. The van der Waals surface area contributed by atoms with E-state index >= 15 is 0 Å². The van der Waals surface area contributed by atoms with Crippen LogP contribution in [0.2, 0.25) is 0 Å². The van der Waals surface area contributed by atoms with Crippen LogP contribution in [0.25, 0.3) is 0 Å². The molecule has 0 amide bonds. The summed E-state index contributed by atoms with van der Waals surface area (Å²) in [7, 11) is 0. The second kappa shape index (κ2) is 15.6. The van der Waals surface area contributed by atoms with Crippen LogP contribution in [0.5, 0.6) is 17.2 Å². The molecule has 0 spiro atoms. The van der Waals surface area contributed by atoms with Crippen LogP contribution in [0.3, 0.4) is 0 Å². The summed E-state index contributed by atoms with van der Waals surface area (Å²) in [6.45, 7) is 9.65. The summed E-state index contributed by atoms with van der Waals surface area (Å²) in [4.78, 5) is 2.66. The quantitative estimate of drug-likeness (QED) is 0.189. The van der Waals surface area contributed by atoms with Crippen LogP contribution in [0.15, 0.2) is 72.8 Å². The Balaban J connectivity index is 1.29. The lowest BCUT2D eigenvalue weighted by Gasteiger charge is -2.34. The second-order valence-corrected chi connectivity index (χ2v) is 10.9. The summed E-state index contributed by atoms with van der Waals surface area (Å²) in [5, 5.41) is 10.0. The number of aromatic hydroxyl groups is 1. The first-order chi connectivity index (χ1) is 19.2. The minimum absolute atomic E-state index is 0.153. The van der Waals surface area contributed by atoms with E-state index in [0.717, 1.165) is 30.1 Å². The molecular weight excluding hydrogens is 482 g/mol. The van der Waals surface area contributed by atoms with Gasteiger partial charge < -0.3 is 19.5 Å². The van der Waals surface area contributed by atoms with E-state index in [0.29, 0.717) is 6.61 Å². The van der Waals surface area contributed by atoms with Gasteiger partial charge in [0.2, 0.25) is 0 Å². The SMILES string of the molecule is CCCCN(CCCC)CCCCCCOc1ccc(C2c3ccc(O)cc3OCC2c2ccccc2)cc1. The van der Waals surface area contributed by atoms with Crippen molar-refractivity contribution in [3.8, 4) is 17.2 Å². The van der Waals surface area contributed by atoms with E-state index in [-0.39, 0.29) is 17.6 Å². The highest BCUT2D eigenvalue weighted by Gasteiger charge is 2.33. The molecule has 0 aromatic heterocycles. The normalized spacial score (nSPS) is 16.6. The number of phenolic OH excluding ortho intramolecular Hbond substituents is 1. The molecule has 0 saturated carbocycles. The highest BCUT2D eigenvalue weighted by Crippen LogP contribution is 2.47. The van der Waals surface area contributed by atoms with Crippen LogP contribution in [-0.4, -0.2) is 42.9 Å². The van der Waals surface area contributed by atoms with E-state index in [9.17, 15) is 5.11 Å². The van der Waals surface area contributed by atoms with Gasteiger partial charge in [0.25, 0.3) is 0 Å². The average molecular weight is 530 g/mol. The molecule has 0 saturated heterocycles. The van der Waals surface area contributed by atoms with Crippen molar-refractivity contribution in [1.29, 1.82) is 0 Å². The third kappa shape index (κ3) is 8.50. The van der Waals surface area contributed by atoms with Gasteiger partial charge in [-0.1, -0.05) is 88.1 Å². The van der Waals surface area contributed by atoms with Gasteiger partial charge in [0, 0.05) is 23.5 Å². The van der Waals surface area contributed by atoms with Crippen LogP contribution in [-0.2, 0) is 0 Å². The van der Waals surface area contributed by atoms with Crippen LogP contribution in [0.1, 0.15) is 93.7 Å². The standard InChI is InChI=1S/C35H47NO3/c1-3-5-22-36(23-6-4-2)24-12-7-8-13-25-38-31-19-16-29(17-20-31)35-32-21-18-30(37)26-34(32)39-27-33(35)28-14-10-9-11-15-28/h9-11,14-21,26,33,35,37H,3-8,12-13,22-25,27H2,1-2H3. The topological polar surface area (TPSA) is 41.9 Å².